The van der Waals surface area contributed by atoms with Crippen molar-refractivity contribution in [3.63, 3.8) is 0 Å². The first-order valence-electron chi connectivity index (χ1n) is 7.02. The summed E-state index contributed by atoms with van der Waals surface area (Å²) in [6.07, 6.45) is 3.05. The lowest BCUT2D eigenvalue weighted by atomic mass is 9.95. The molecule has 5 nitrogen and oxygen atoms in total. The maximum atomic E-state index is 12.0. The van der Waals surface area contributed by atoms with E-state index in [0.717, 1.165) is 19.3 Å². The second kappa shape index (κ2) is 7.40. The third-order valence-electron chi connectivity index (χ3n) is 3.75. The Morgan fingerprint density at radius 3 is 2.80 bits per heavy atom. The van der Waals surface area contributed by atoms with Crippen molar-refractivity contribution in [1.29, 1.82) is 0 Å². The van der Waals surface area contributed by atoms with Gasteiger partial charge in [-0.1, -0.05) is 12.5 Å². The molecule has 0 bridgehead atoms. The lowest BCUT2D eigenvalue weighted by Crippen LogP contribution is -2.39. The highest BCUT2D eigenvalue weighted by atomic mass is 32.1. The van der Waals surface area contributed by atoms with Crippen LogP contribution in [-0.2, 0) is 4.79 Å². The van der Waals surface area contributed by atoms with Crippen LogP contribution in [0.25, 0.3) is 0 Å². The number of carbonyl (C=O) groups is 2. The summed E-state index contributed by atoms with van der Waals surface area (Å²) < 4.78 is 0. The van der Waals surface area contributed by atoms with E-state index in [-0.39, 0.29) is 17.7 Å². The molecular weight excluding hydrogens is 274 g/mol. The smallest absolute Gasteiger partial charge is 0.261 e. The van der Waals surface area contributed by atoms with Gasteiger partial charge < -0.3 is 16.4 Å². The molecule has 4 N–H and O–H groups in total. The Hall–Kier alpha value is -1.40. The van der Waals surface area contributed by atoms with Gasteiger partial charge in [0, 0.05) is 19.0 Å². The van der Waals surface area contributed by atoms with Crippen molar-refractivity contribution in [2.45, 2.75) is 19.3 Å². The highest BCUT2D eigenvalue weighted by Crippen LogP contribution is 2.30. The molecule has 1 aromatic rings. The fourth-order valence-corrected chi connectivity index (χ4v) is 3.29. The number of carbonyl (C=O) groups excluding carboxylic acids is 2. The first kappa shape index (κ1) is 15.0. The number of amides is 2. The van der Waals surface area contributed by atoms with Crippen LogP contribution in [0.1, 0.15) is 28.9 Å². The van der Waals surface area contributed by atoms with Crippen molar-refractivity contribution in [3.8, 4) is 0 Å². The van der Waals surface area contributed by atoms with Gasteiger partial charge in [-0.05, 0) is 36.8 Å². The van der Waals surface area contributed by atoms with E-state index >= 15 is 0 Å². The molecule has 110 valence electrons. The summed E-state index contributed by atoms with van der Waals surface area (Å²) in [5, 5.41) is 7.54. The standard InChI is InChI=1S/C14H21N3O2S/c15-9-10-3-1-4-11(10)13(18)16-6-7-17-14(19)12-5-2-8-20-12/h2,5,8,10-11H,1,3-4,6-7,9,15H2,(H,16,18)(H,17,19)/t10-,11-/m1/s1. The molecule has 1 saturated carbocycles. The second-order valence-electron chi connectivity index (χ2n) is 5.06. The summed E-state index contributed by atoms with van der Waals surface area (Å²) in [5.74, 6) is 0.349. The molecule has 0 aromatic carbocycles. The fourth-order valence-electron chi connectivity index (χ4n) is 2.65. The van der Waals surface area contributed by atoms with Gasteiger partial charge in [0.15, 0.2) is 0 Å². The first-order valence-corrected chi connectivity index (χ1v) is 7.90. The minimum atomic E-state index is -0.0880. The van der Waals surface area contributed by atoms with Gasteiger partial charge in [-0.25, -0.2) is 0 Å². The molecule has 0 spiro atoms. The number of rotatable bonds is 6. The highest BCUT2D eigenvalue weighted by molar-refractivity contribution is 7.12. The Balaban J connectivity index is 1.66. The number of hydrogen-bond acceptors (Lipinski definition) is 4. The van der Waals surface area contributed by atoms with E-state index in [2.05, 4.69) is 10.6 Å². The van der Waals surface area contributed by atoms with Gasteiger partial charge >= 0.3 is 0 Å². The summed E-state index contributed by atoms with van der Waals surface area (Å²) in [6, 6.07) is 3.62. The van der Waals surface area contributed by atoms with Crippen LogP contribution in [0, 0.1) is 11.8 Å². The van der Waals surface area contributed by atoms with E-state index in [1.54, 1.807) is 6.07 Å². The SMILES string of the molecule is NC[C@H]1CCC[C@H]1C(=O)NCCNC(=O)c1cccs1. The lowest BCUT2D eigenvalue weighted by molar-refractivity contribution is -0.125. The zero-order valence-electron chi connectivity index (χ0n) is 11.4. The molecule has 0 aliphatic heterocycles. The van der Waals surface area contributed by atoms with Crippen molar-refractivity contribution in [2.75, 3.05) is 19.6 Å². The van der Waals surface area contributed by atoms with Crippen LogP contribution in [0.3, 0.4) is 0 Å². The van der Waals surface area contributed by atoms with Crippen LogP contribution in [0.15, 0.2) is 17.5 Å². The molecule has 1 heterocycles. The molecule has 2 atom stereocenters. The quantitative estimate of drug-likeness (QED) is 0.684. The summed E-state index contributed by atoms with van der Waals surface area (Å²) in [7, 11) is 0. The van der Waals surface area contributed by atoms with E-state index in [1.807, 2.05) is 11.4 Å². The van der Waals surface area contributed by atoms with Crippen LogP contribution >= 0.6 is 11.3 Å². The number of hydrogen-bond donors (Lipinski definition) is 3. The maximum Gasteiger partial charge on any atom is 0.261 e. The van der Waals surface area contributed by atoms with Gasteiger partial charge in [-0.2, -0.15) is 0 Å². The average molecular weight is 295 g/mol. The second-order valence-corrected chi connectivity index (χ2v) is 6.01. The molecule has 0 saturated heterocycles. The number of nitrogens with one attached hydrogen (secondary N) is 2. The summed E-state index contributed by atoms with van der Waals surface area (Å²) in [5.41, 5.74) is 5.67. The van der Waals surface area contributed by atoms with E-state index in [4.69, 9.17) is 5.73 Å². The molecule has 1 aliphatic carbocycles. The van der Waals surface area contributed by atoms with E-state index < -0.39 is 0 Å². The maximum absolute atomic E-state index is 12.0. The van der Waals surface area contributed by atoms with Gasteiger partial charge in [0.2, 0.25) is 5.91 Å². The van der Waals surface area contributed by atoms with Crippen LogP contribution in [0.5, 0.6) is 0 Å². The monoisotopic (exact) mass is 295 g/mol. The number of nitrogens with two attached hydrogens (primary N) is 1. The normalized spacial score (nSPS) is 21.6. The topological polar surface area (TPSA) is 84.2 Å². The predicted molar refractivity (Wildman–Crippen MR) is 79.5 cm³/mol. The van der Waals surface area contributed by atoms with Crippen LogP contribution in [0.2, 0.25) is 0 Å². The molecule has 1 aromatic heterocycles. The Morgan fingerprint density at radius 1 is 1.30 bits per heavy atom. The van der Waals surface area contributed by atoms with Crippen LogP contribution in [-0.4, -0.2) is 31.4 Å². The highest BCUT2D eigenvalue weighted by Gasteiger charge is 2.31. The van der Waals surface area contributed by atoms with Crippen molar-refractivity contribution in [2.24, 2.45) is 17.6 Å². The minimum absolute atomic E-state index is 0.0491. The molecule has 0 radical (unpaired) electrons. The molecule has 2 rings (SSSR count). The fraction of sp³-hybridized carbons (Fsp3) is 0.571. The summed E-state index contributed by atoms with van der Waals surface area (Å²) in [6.45, 7) is 1.49. The minimum Gasteiger partial charge on any atom is -0.354 e. The Bertz CT molecular complexity index is 447. The summed E-state index contributed by atoms with van der Waals surface area (Å²) >= 11 is 1.41. The molecule has 1 aliphatic rings. The van der Waals surface area contributed by atoms with Crippen LogP contribution < -0.4 is 16.4 Å². The molecule has 0 unspecified atom stereocenters. The van der Waals surface area contributed by atoms with Crippen LogP contribution in [0.4, 0.5) is 0 Å². The zero-order chi connectivity index (χ0) is 14.4. The van der Waals surface area contributed by atoms with Gasteiger partial charge in [0.05, 0.1) is 4.88 Å². The van der Waals surface area contributed by atoms with E-state index in [0.29, 0.717) is 30.4 Å². The van der Waals surface area contributed by atoms with Crippen molar-refractivity contribution < 1.29 is 9.59 Å². The largest absolute Gasteiger partial charge is 0.354 e. The number of thiophene rings is 1. The molecule has 1 fully saturated rings. The molecule has 20 heavy (non-hydrogen) atoms. The van der Waals surface area contributed by atoms with E-state index in [1.165, 1.54) is 11.3 Å². The molecule has 2 amide bonds. The zero-order valence-corrected chi connectivity index (χ0v) is 12.2. The van der Waals surface area contributed by atoms with Gasteiger partial charge in [0.1, 0.15) is 0 Å². The predicted octanol–water partition coefficient (Wildman–Crippen LogP) is 0.969. The third-order valence-corrected chi connectivity index (χ3v) is 4.62. The van der Waals surface area contributed by atoms with Gasteiger partial charge in [-0.3, -0.25) is 9.59 Å². The van der Waals surface area contributed by atoms with Crippen molar-refractivity contribution in [1.82, 2.24) is 10.6 Å². The Kier molecular flexibility index (Phi) is 5.55. The Morgan fingerprint density at radius 2 is 2.10 bits per heavy atom. The molecule has 6 heteroatoms. The van der Waals surface area contributed by atoms with E-state index in [9.17, 15) is 9.59 Å². The lowest BCUT2D eigenvalue weighted by Gasteiger charge is -2.17. The van der Waals surface area contributed by atoms with Crippen molar-refractivity contribution in [3.05, 3.63) is 22.4 Å². The third kappa shape index (κ3) is 3.80. The molecular formula is C14H21N3O2S. The Labute approximate surface area is 122 Å². The first-order chi connectivity index (χ1) is 9.72. The van der Waals surface area contributed by atoms with Gasteiger partial charge in [-0.15, -0.1) is 11.3 Å². The van der Waals surface area contributed by atoms with Crippen molar-refractivity contribution >= 4 is 23.2 Å². The summed E-state index contributed by atoms with van der Waals surface area (Å²) in [4.78, 5) is 24.4. The average Bonchev–Trinajstić information content (AvgIpc) is 3.12. The van der Waals surface area contributed by atoms with Gasteiger partial charge in [0.25, 0.3) is 5.91 Å².